The van der Waals surface area contributed by atoms with Crippen molar-refractivity contribution in [2.45, 2.75) is 6.54 Å². The van der Waals surface area contributed by atoms with Crippen molar-refractivity contribution < 1.29 is 13.9 Å². The third-order valence-corrected chi connectivity index (χ3v) is 3.51. The molecule has 0 amide bonds. The number of hydrogen-bond donors (Lipinski definition) is 1. The first-order valence-corrected chi connectivity index (χ1v) is 6.83. The normalized spacial score (nSPS) is 10.3. The highest BCUT2D eigenvalue weighted by Gasteiger charge is 2.12. The van der Waals surface area contributed by atoms with Gasteiger partial charge in [-0.2, -0.15) is 0 Å². The number of nitrogens with one attached hydrogen (secondary N) is 1. The summed E-state index contributed by atoms with van der Waals surface area (Å²) < 4.78 is 18.4. The van der Waals surface area contributed by atoms with Crippen molar-refractivity contribution in [1.82, 2.24) is 0 Å². The summed E-state index contributed by atoms with van der Waals surface area (Å²) in [5, 5.41) is 3.37. The second-order valence-corrected chi connectivity index (χ2v) is 5.07. The Morgan fingerprint density at radius 1 is 1.24 bits per heavy atom. The highest BCUT2D eigenvalue weighted by molar-refractivity contribution is 6.33. The molecule has 0 saturated carbocycles. The van der Waals surface area contributed by atoms with Crippen molar-refractivity contribution in [2.24, 2.45) is 0 Å². The van der Waals surface area contributed by atoms with E-state index in [0.717, 1.165) is 0 Å². The zero-order valence-corrected chi connectivity index (χ0v) is 12.6. The second-order valence-electron chi connectivity index (χ2n) is 4.25. The van der Waals surface area contributed by atoms with E-state index in [1.807, 2.05) is 0 Å². The molecule has 2 aromatic carbocycles. The fourth-order valence-corrected chi connectivity index (χ4v) is 2.17. The number of methoxy groups -OCH3 is 1. The number of rotatable bonds is 4. The molecule has 0 aliphatic rings. The van der Waals surface area contributed by atoms with Crippen LogP contribution >= 0.6 is 23.2 Å². The molecule has 0 aliphatic heterocycles. The maximum Gasteiger partial charge on any atom is 0.339 e. The number of carbonyl (C=O) groups is 1. The largest absolute Gasteiger partial charge is 0.465 e. The average Bonchev–Trinajstić information content (AvgIpc) is 2.49. The SMILES string of the molecule is COC(=O)c1cc(NCc2cccc(Cl)c2F)ccc1Cl. The number of carbonyl (C=O) groups excluding carboxylic acids is 1. The molecule has 21 heavy (non-hydrogen) atoms. The van der Waals surface area contributed by atoms with Crippen molar-refractivity contribution in [3.05, 3.63) is 63.4 Å². The van der Waals surface area contributed by atoms with Crippen LogP contribution in [0.25, 0.3) is 0 Å². The van der Waals surface area contributed by atoms with Crippen LogP contribution in [-0.4, -0.2) is 13.1 Å². The molecule has 6 heteroatoms. The molecule has 0 radical (unpaired) electrons. The van der Waals surface area contributed by atoms with Crippen LogP contribution in [0.2, 0.25) is 10.0 Å². The Balaban J connectivity index is 2.17. The van der Waals surface area contributed by atoms with Crippen LogP contribution in [0.3, 0.4) is 0 Å². The maximum atomic E-state index is 13.8. The van der Waals surface area contributed by atoms with Crippen LogP contribution in [0.5, 0.6) is 0 Å². The number of halogens is 3. The molecule has 0 bridgehead atoms. The van der Waals surface area contributed by atoms with Crippen molar-refractivity contribution in [1.29, 1.82) is 0 Å². The highest BCUT2D eigenvalue weighted by Crippen LogP contribution is 2.23. The van der Waals surface area contributed by atoms with Gasteiger partial charge in [0.2, 0.25) is 0 Å². The fraction of sp³-hybridized carbons (Fsp3) is 0.133. The molecule has 0 spiro atoms. The van der Waals surface area contributed by atoms with Gasteiger partial charge in [-0.05, 0) is 24.3 Å². The molecule has 0 fully saturated rings. The first kappa shape index (κ1) is 15.6. The van der Waals surface area contributed by atoms with Crippen molar-refractivity contribution in [3.63, 3.8) is 0 Å². The van der Waals surface area contributed by atoms with E-state index >= 15 is 0 Å². The first-order valence-electron chi connectivity index (χ1n) is 6.07. The van der Waals surface area contributed by atoms with Crippen molar-refractivity contribution >= 4 is 34.9 Å². The van der Waals surface area contributed by atoms with Gasteiger partial charge in [0.1, 0.15) is 5.82 Å². The third-order valence-electron chi connectivity index (χ3n) is 2.89. The molecule has 1 N–H and O–H groups in total. The van der Waals surface area contributed by atoms with E-state index < -0.39 is 11.8 Å². The minimum Gasteiger partial charge on any atom is -0.465 e. The number of hydrogen-bond acceptors (Lipinski definition) is 3. The molecule has 2 rings (SSSR count). The van der Waals surface area contributed by atoms with Gasteiger partial charge in [-0.25, -0.2) is 9.18 Å². The van der Waals surface area contributed by atoms with E-state index in [1.165, 1.54) is 13.2 Å². The van der Waals surface area contributed by atoms with E-state index in [2.05, 4.69) is 10.1 Å². The summed E-state index contributed by atoms with van der Waals surface area (Å²) in [4.78, 5) is 11.5. The van der Waals surface area contributed by atoms with E-state index in [1.54, 1.807) is 30.3 Å². The monoisotopic (exact) mass is 327 g/mol. The third kappa shape index (κ3) is 3.65. The zero-order valence-electron chi connectivity index (χ0n) is 11.1. The van der Waals surface area contributed by atoms with E-state index in [-0.39, 0.29) is 17.1 Å². The van der Waals surface area contributed by atoms with Gasteiger partial charge in [-0.15, -0.1) is 0 Å². The summed E-state index contributed by atoms with van der Waals surface area (Å²) in [6.07, 6.45) is 0. The highest BCUT2D eigenvalue weighted by atomic mass is 35.5. The smallest absolute Gasteiger partial charge is 0.339 e. The Hall–Kier alpha value is -1.78. The van der Waals surface area contributed by atoms with E-state index in [9.17, 15) is 9.18 Å². The number of benzene rings is 2. The zero-order chi connectivity index (χ0) is 15.4. The minimum atomic E-state index is -0.530. The van der Waals surface area contributed by atoms with Gasteiger partial charge in [-0.3, -0.25) is 0 Å². The van der Waals surface area contributed by atoms with E-state index in [0.29, 0.717) is 16.3 Å². The summed E-state index contributed by atoms with van der Waals surface area (Å²) in [5.41, 5.74) is 1.30. The van der Waals surface area contributed by atoms with Crippen LogP contribution in [0.15, 0.2) is 36.4 Å². The van der Waals surface area contributed by atoms with E-state index in [4.69, 9.17) is 23.2 Å². The molecule has 0 saturated heterocycles. The minimum absolute atomic E-state index is 0.0701. The lowest BCUT2D eigenvalue weighted by atomic mass is 10.1. The molecule has 110 valence electrons. The topological polar surface area (TPSA) is 38.3 Å². The molecule has 3 nitrogen and oxygen atoms in total. The van der Waals surface area contributed by atoms with Crippen molar-refractivity contribution in [3.8, 4) is 0 Å². The van der Waals surface area contributed by atoms with Gasteiger partial charge in [0, 0.05) is 17.8 Å². The van der Waals surface area contributed by atoms with Gasteiger partial charge in [0.15, 0.2) is 0 Å². The molecule has 0 heterocycles. The number of ether oxygens (including phenoxy) is 1. The average molecular weight is 328 g/mol. The van der Waals surface area contributed by atoms with Crippen molar-refractivity contribution in [2.75, 3.05) is 12.4 Å². The Morgan fingerprint density at radius 3 is 2.71 bits per heavy atom. The molecule has 2 aromatic rings. The summed E-state index contributed by atoms with van der Waals surface area (Å²) >= 11 is 11.6. The molecular weight excluding hydrogens is 316 g/mol. The van der Waals surface area contributed by atoms with Crippen LogP contribution in [0, 0.1) is 5.82 Å². The second kappa shape index (κ2) is 6.78. The molecule has 0 aromatic heterocycles. The van der Waals surface area contributed by atoms with Gasteiger partial charge in [0.25, 0.3) is 0 Å². The first-order chi connectivity index (χ1) is 10.0. The van der Waals surface area contributed by atoms with Crippen LogP contribution in [0.4, 0.5) is 10.1 Å². The lowest BCUT2D eigenvalue weighted by Gasteiger charge is -2.10. The number of anilines is 1. The predicted molar refractivity (Wildman–Crippen MR) is 81.5 cm³/mol. The summed E-state index contributed by atoms with van der Waals surface area (Å²) in [6.45, 7) is 0.231. The summed E-state index contributed by atoms with van der Waals surface area (Å²) in [6, 6.07) is 9.60. The van der Waals surface area contributed by atoms with Gasteiger partial charge < -0.3 is 10.1 Å². The lowest BCUT2D eigenvalue weighted by Crippen LogP contribution is -2.05. The Bertz CT molecular complexity index is 677. The maximum absolute atomic E-state index is 13.8. The summed E-state index contributed by atoms with van der Waals surface area (Å²) in [7, 11) is 1.28. The molecular formula is C15H12Cl2FNO2. The fourth-order valence-electron chi connectivity index (χ4n) is 1.78. The molecule has 0 unspecified atom stereocenters. The predicted octanol–water partition coefficient (Wildman–Crippen LogP) is 4.53. The molecule has 0 atom stereocenters. The summed E-state index contributed by atoms with van der Waals surface area (Å²) in [5.74, 6) is -0.994. The van der Waals surface area contributed by atoms with Crippen LogP contribution in [0.1, 0.15) is 15.9 Å². The Kier molecular flexibility index (Phi) is 5.04. The number of esters is 1. The molecule has 0 aliphatic carbocycles. The van der Waals surface area contributed by atoms with Gasteiger partial charge in [-0.1, -0.05) is 35.3 Å². The van der Waals surface area contributed by atoms with Gasteiger partial charge in [0.05, 0.1) is 22.7 Å². The van der Waals surface area contributed by atoms with Gasteiger partial charge >= 0.3 is 5.97 Å². The lowest BCUT2D eigenvalue weighted by molar-refractivity contribution is 0.0601. The Labute approximate surface area is 131 Å². The quantitative estimate of drug-likeness (QED) is 0.838. The standard InChI is InChI=1S/C15H12Cl2FNO2/c1-21-15(20)11-7-10(5-6-12(11)16)19-8-9-3-2-4-13(17)14(9)18/h2-7,19H,8H2,1H3. The van der Waals surface area contributed by atoms with Crippen LogP contribution < -0.4 is 5.32 Å². The Morgan fingerprint density at radius 2 is 2.00 bits per heavy atom. The van der Waals surface area contributed by atoms with Crippen LogP contribution in [-0.2, 0) is 11.3 Å².